The van der Waals surface area contributed by atoms with Gasteiger partial charge in [0.05, 0.1) is 4.75 Å². The highest BCUT2D eigenvalue weighted by Crippen LogP contribution is 2.28. The zero-order valence-electron chi connectivity index (χ0n) is 11.4. The number of hydrogen-bond acceptors (Lipinski definition) is 4. The number of methoxy groups -OCH3 is 2. The van der Waals surface area contributed by atoms with Gasteiger partial charge in [0.15, 0.2) is 6.29 Å². The molecule has 1 aliphatic heterocycles. The highest BCUT2D eigenvalue weighted by Gasteiger charge is 2.39. The second kappa shape index (κ2) is 6.83. The Bertz CT molecular complexity index is 252. The summed E-state index contributed by atoms with van der Waals surface area (Å²) < 4.78 is 22.6. The molecule has 0 saturated carbocycles. The number of rotatable bonds is 6. The Hall–Kier alpha value is 0.0300. The molecule has 5 heteroatoms. The van der Waals surface area contributed by atoms with E-state index in [1.165, 1.54) is 0 Å². The Kier molecular flexibility index (Phi) is 6.06. The van der Waals surface area contributed by atoms with Gasteiger partial charge in [-0.3, -0.25) is 9.11 Å². The van der Waals surface area contributed by atoms with Crippen LogP contribution in [0.25, 0.3) is 0 Å². The maximum atomic E-state index is 12.2. The van der Waals surface area contributed by atoms with E-state index in [1.807, 2.05) is 0 Å². The van der Waals surface area contributed by atoms with E-state index in [0.29, 0.717) is 0 Å². The van der Waals surface area contributed by atoms with Crippen LogP contribution in [0.2, 0.25) is 0 Å². The maximum Gasteiger partial charge on any atom is 0.169 e. The lowest BCUT2D eigenvalue weighted by Crippen LogP contribution is -2.54. The molecular formula is C12H25NO3S. The summed E-state index contributed by atoms with van der Waals surface area (Å²) in [5.74, 6) is 0.766. The van der Waals surface area contributed by atoms with Gasteiger partial charge in [-0.1, -0.05) is 13.8 Å². The molecule has 0 unspecified atom stereocenters. The van der Waals surface area contributed by atoms with Crippen LogP contribution >= 0.6 is 0 Å². The molecule has 1 heterocycles. The molecule has 0 aromatic carbocycles. The third-order valence-electron chi connectivity index (χ3n) is 3.81. The average Bonchev–Trinajstić information content (AvgIpc) is 2.38. The van der Waals surface area contributed by atoms with Crippen molar-refractivity contribution in [3.8, 4) is 0 Å². The minimum Gasteiger partial charge on any atom is -0.355 e. The first-order valence-corrected chi connectivity index (χ1v) is 7.60. The van der Waals surface area contributed by atoms with E-state index in [-0.39, 0.29) is 11.0 Å². The minimum atomic E-state index is -0.699. The number of ether oxygens (including phenoxy) is 2. The van der Waals surface area contributed by atoms with Crippen molar-refractivity contribution >= 4 is 10.8 Å². The van der Waals surface area contributed by atoms with Crippen molar-refractivity contribution in [2.24, 2.45) is 0 Å². The van der Waals surface area contributed by atoms with Crippen LogP contribution in [0.5, 0.6) is 0 Å². The standard InChI is InChI=1S/C12H25NO3S/c1-5-12(6-2)10-13(7-8-17(12)14)9-11(15-3)16-4/h11H,5-10H2,1-4H3/t17-/m1/s1. The summed E-state index contributed by atoms with van der Waals surface area (Å²) in [4.78, 5) is 2.31. The van der Waals surface area contributed by atoms with E-state index < -0.39 is 10.8 Å². The van der Waals surface area contributed by atoms with Crippen LogP contribution in [0, 0.1) is 0 Å². The predicted octanol–water partition coefficient (Wildman–Crippen LogP) is 1.23. The second-order valence-corrected chi connectivity index (χ2v) is 6.54. The topological polar surface area (TPSA) is 38.8 Å². The lowest BCUT2D eigenvalue weighted by Gasteiger charge is -2.41. The zero-order chi connectivity index (χ0) is 12.9. The van der Waals surface area contributed by atoms with Gasteiger partial charge in [0, 0.05) is 50.4 Å². The van der Waals surface area contributed by atoms with E-state index in [4.69, 9.17) is 9.47 Å². The third-order valence-corrected chi connectivity index (χ3v) is 6.04. The predicted molar refractivity (Wildman–Crippen MR) is 70.6 cm³/mol. The molecule has 102 valence electrons. The van der Waals surface area contributed by atoms with Crippen LogP contribution in [0.3, 0.4) is 0 Å². The summed E-state index contributed by atoms with van der Waals surface area (Å²) in [6.45, 7) is 6.78. The van der Waals surface area contributed by atoms with Crippen molar-refractivity contribution in [2.45, 2.75) is 37.7 Å². The van der Waals surface area contributed by atoms with Crippen molar-refractivity contribution in [1.82, 2.24) is 4.90 Å². The smallest absolute Gasteiger partial charge is 0.169 e. The van der Waals surface area contributed by atoms with E-state index in [0.717, 1.165) is 38.2 Å². The molecule has 0 radical (unpaired) electrons. The Balaban J connectivity index is 2.63. The fraction of sp³-hybridized carbons (Fsp3) is 1.00. The quantitative estimate of drug-likeness (QED) is 0.676. The maximum absolute atomic E-state index is 12.2. The van der Waals surface area contributed by atoms with Crippen molar-refractivity contribution in [3.05, 3.63) is 0 Å². The van der Waals surface area contributed by atoms with Crippen LogP contribution < -0.4 is 0 Å². The number of nitrogens with zero attached hydrogens (tertiary/aromatic N) is 1. The summed E-state index contributed by atoms with van der Waals surface area (Å²) in [7, 11) is 2.61. The van der Waals surface area contributed by atoms with Gasteiger partial charge in [-0.15, -0.1) is 0 Å². The molecule has 1 rings (SSSR count). The molecule has 4 nitrogen and oxygen atoms in total. The van der Waals surface area contributed by atoms with Crippen molar-refractivity contribution in [3.63, 3.8) is 0 Å². The normalized spacial score (nSPS) is 25.4. The molecule has 0 bridgehead atoms. The largest absolute Gasteiger partial charge is 0.355 e. The van der Waals surface area contributed by atoms with Crippen molar-refractivity contribution in [1.29, 1.82) is 0 Å². The van der Waals surface area contributed by atoms with E-state index in [9.17, 15) is 4.21 Å². The van der Waals surface area contributed by atoms with E-state index >= 15 is 0 Å². The second-order valence-electron chi connectivity index (χ2n) is 4.58. The summed E-state index contributed by atoms with van der Waals surface area (Å²) in [6.07, 6.45) is 1.75. The summed E-state index contributed by atoms with van der Waals surface area (Å²) in [5, 5.41) is 0. The molecule has 0 aromatic heterocycles. The molecule has 0 aliphatic carbocycles. The van der Waals surface area contributed by atoms with Gasteiger partial charge < -0.3 is 9.47 Å². The third kappa shape index (κ3) is 3.50. The van der Waals surface area contributed by atoms with E-state index in [1.54, 1.807) is 14.2 Å². The van der Waals surface area contributed by atoms with Crippen LogP contribution in [0.15, 0.2) is 0 Å². The summed E-state index contributed by atoms with van der Waals surface area (Å²) >= 11 is 0. The molecular weight excluding hydrogens is 238 g/mol. The molecule has 0 aromatic rings. The van der Waals surface area contributed by atoms with Gasteiger partial charge >= 0.3 is 0 Å². The van der Waals surface area contributed by atoms with Crippen LogP contribution in [-0.4, -0.2) is 59.8 Å². The van der Waals surface area contributed by atoms with Crippen molar-refractivity contribution < 1.29 is 13.7 Å². The lowest BCUT2D eigenvalue weighted by molar-refractivity contribution is -0.116. The Morgan fingerprint density at radius 2 is 1.88 bits per heavy atom. The summed E-state index contributed by atoms with van der Waals surface area (Å²) in [5.41, 5.74) is 0. The average molecular weight is 263 g/mol. The SMILES string of the molecule is CCC1(CC)CN(CC(OC)OC)CC[S@]1=O. The van der Waals surface area contributed by atoms with Crippen molar-refractivity contribution in [2.75, 3.05) is 39.6 Å². The lowest BCUT2D eigenvalue weighted by atomic mass is 10.0. The molecule has 1 atom stereocenters. The first kappa shape index (κ1) is 15.1. The molecule has 0 N–H and O–H groups in total. The van der Waals surface area contributed by atoms with Gasteiger partial charge in [-0.2, -0.15) is 0 Å². The fourth-order valence-corrected chi connectivity index (χ4v) is 4.22. The molecule has 0 amide bonds. The van der Waals surface area contributed by atoms with Gasteiger partial charge in [0.25, 0.3) is 0 Å². The van der Waals surface area contributed by atoms with Crippen LogP contribution in [-0.2, 0) is 20.3 Å². The van der Waals surface area contributed by atoms with Gasteiger partial charge in [-0.05, 0) is 12.8 Å². The van der Waals surface area contributed by atoms with E-state index in [2.05, 4.69) is 18.7 Å². The zero-order valence-corrected chi connectivity index (χ0v) is 12.2. The number of hydrogen-bond donors (Lipinski definition) is 0. The first-order valence-electron chi connectivity index (χ1n) is 6.28. The molecule has 1 fully saturated rings. The fourth-order valence-electron chi connectivity index (χ4n) is 2.39. The highest BCUT2D eigenvalue weighted by atomic mass is 32.2. The van der Waals surface area contributed by atoms with Gasteiger partial charge in [0.2, 0.25) is 0 Å². The Morgan fingerprint density at radius 3 is 2.35 bits per heavy atom. The van der Waals surface area contributed by atoms with Crippen LogP contribution in [0.4, 0.5) is 0 Å². The first-order chi connectivity index (χ1) is 8.11. The Morgan fingerprint density at radius 1 is 1.29 bits per heavy atom. The highest BCUT2D eigenvalue weighted by molar-refractivity contribution is 7.86. The Labute approximate surface area is 107 Å². The van der Waals surface area contributed by atoms with Gasteiger partial charge in [0.1, 0.15) is 0 Å². The minimum absolute atomic E-state index is 0.0374. The molecule has 17 heavy (non-hydrogen) atoms. The molecule has 1 saturated heterocycles. The van der Waals surface area contributed by atoms with Crippen LogP contribution in [0.1, 0.15) is 26.7 Å². The van der Waals surface area contributed by atoms with Gasteiger partial charge in [-0.25, -0.2) is 0 Å². The summed E-state index contributed by atoms with van der Waals surface area (Å²) in [6, 6.07) is 0. The molecule has 1 aliphatic rings. The molecule has 0 spiro atoms. The monoisotopic (exact) mass is 263 g/mol.